The second-order valence-electron chi connectivity index (χ2n) is 3.99. The molecule has 1 heterocycles. The van der Waals surface area contributed by atoms with Crippen molar-refractivity contribution in [2.45, 2.75) is 26.2 Å². The van der Waals surface area contributed by atoms with E-state index in [0.717, 1.165) is 29.4 Å². The Hall–Kier alpha value is -0.730. The van der Waals surface area contributed by atoms with Gasteiger partial charge in [0, 0.05) is 18.1 Å². The smallest absolute Gasteiger partial charge is 0.147 e. The molecule has 0 N–H and O–H groups in total. The van der Waals surface area contributed by atoms with Crippen LogP contribution in [-0.4, -0.2) is 18.2 Å². The Morgan fingerprint density at radius 2 is 1.93 bits per heavy atom. The van der Waals surface area contributed by atoms with E-state index in [9.17, 15) is 0 Å². The standard InChI is InChI=1S/C12H16ClNO/c1-10-9-11(5-6-12(10)13)15-14-7-3-2-4-8-14/h5-6,9H,2-4,7-8H2,1H3. The third kappa shape index (κ3) is 2.86. The number of rotatable bonds is 2. The van der Waals surface area contributed by atoms with Crippen LogP contribution in [-0.2, 0) is 0 Å². The molecule has 0 aliphatic carbocycles. The topological polar surface area (TPSA) is 12.5 Å². The number of nitrogens with zero attached hydrogens (tertiary/aromatic N) is 1. The Balaban J connectivity index is 2.00. The van der Waals surface area contributed by atoms with Crippen molar-refractivity contribution in [1.82, 2.24) is 5.06 Å². The van der Waals surface area contributed by atoms with Crippen LogP contribution >= 0.6 is 11.6 Å². The van der Waals surface area contributed by atoms with E-state index in [0.29, 0.717) is 0 Å². The highest BCUT2D eigenvalue weighted by Gasteiger charge is 2.11. The Labute approximate surface area is 95.7 Å². The molecule has 0 spiro atoms. The SMILES string of the molecule is Cc1cc(ON2CCCCC2)ccc1Cl. The predicted molar refractivity (Wildman–Crippen MR) is 62.2 cm³/mol. The quantitative estimate of drug-likeness (QED) is 0.765. The number of piperidine rings is 1. The molecule has 0 unspecified atom stereocenters. The lowest BCUT2D eigenvalue weighted by atomic mass is 10.2. The van der Waals surface area contributed by atoms with Crippen LogP contribution in [0.1, 0.15) is 24.8 Å². The molecule has 1 aliphatic heterocycles. The number of hydrogen-bond acceptors (Lipinski definition) is 2. The highest BCUT2D eigenvalue weighted by Crippen LogP contribution is 2.22. The molecule has 0 saturated carbocycles. The van der Waals surface area contributed by atoms with E-state index in [-0.39, 0.29) is 0 Å². The summed E-state index contributed by atoms with van der Waals surface area (Å²) in [7, 11) is 0. The Morgan fingerprint density at radius 3 is 2.60 bits per heavy atom. The first kappa shape index (κ1) is 10.8. The van der Waals surface area contributed by atoms with E-state index >= 15 is 0 Å². The molecule has 0 radical (unpaired) electrons. The van der Waals surface area contributed by atoms with Crippen LogP contribution in [0.25, 0.3) is 0 Å². The summed E-state index contributed by atoms with van der Waals surface area (Å²) in [5.41, 5.74) is 1.06. The molecule has 2 rings (SSSR count). The van der Waals surface area contributed by atoms with Gasteiger partial charge in [0.25, 0.3) is 0 Å². The molecule has 1 aromatic carbocycles. The van der Waals surface area contributed by atoms with Crippen molar-refractivity contribution in [2.75, 3.05) is 13.1 Å². The van der Waals surface area contributed by atoms with E-state index < -0.39 is 0 Å². The fraction of sp³-hybridized carbons (Fsp3) is 0.500. The van der Waals surface area contributed by atoms with Gasteiger partial charge < -0.3 is 4.84 Å². The average Bonchev–Trinajstić information content (AvgIpc) is 2.25. The van der Waals surface area contributed by atoms with Crippen LogP contribution in [0, 0.1) is 6.92 Å². The van der Waals surface area contributed by atoms with Crippen molar-refractivity contribution in [2.24, 2.45) is 0 Å². The predicted octanol–water partition coefficient (Wildman–Crippen LogP) is 3.43. The third-order valence-electron chi connectivity index (χ3n) is 2.68. The van der Waals surface area contributed by atoms with Crippen LogP contribution in [0.4, 0.5) is 0 Å². The van der Waals surface area contributed by atoms with Gasteiger partial charge in [-0.15, -0.1) is 5.06 Å². The molecule has 82 valence electrons. The molecular weight excluding hydrogens is 210 g/mol. The highest BCUT2D eigenvalue weighted by atomic mass is 35.5. The Bertz CT molecular complexity index is 334. The first-order valence-corrected chi connectivity index (χ1v) is 5.82. The van der Waals surface area contributed by atoms with Gasteiger partial charge >= 0.3 is 0 Å². The van der Waals surface area contributed by atoms with Gasteiger partial charge in [0.15, 0.2) is 0 Å². The minimum atomic E-state index is 0.793. The molecule has 15 heavy (non-hydrogen) atoms. The molecule has 1 aliphatic rings. The molecule has 0 bridgehead atoms. The Morgan fingerprint density at radius 1 is 1.20 bits per heavy atom. The van der Waals surface area contributed by atoms with Crippen LogP contribution in [0.3, 0.4) is 0 Å². The van der Waals surface area contributed by atoms with Crippen molar-refractivity contribution in [1.29, 1.82) is 0 Å². The van der Waals surface area contributed by atoms with Crippen molar-refractivity contribution in [3.05, 3.63) is 28.8 Å². The molecule has 0 amide bonds. The summed E-state index contributed by atoms with van der Waals surface area (Å²) in [5, 5.41) is 2.83. The molecule has 1 saturated heterocycles. The number of halogens is 1. The maximum Gasteiger partial charge on any atom is 0.147 e. The summed E-state index contributed by atoms with van der Waals surface area (Å²) in [5.74, 6) is 0.888. The monoisotopic (exact) mass is 225 g/mol. The number of hydroxylamine groups is 2. The highest BCUT2D eigenvalue weighted by molar-refractivity contribution is 6.31. The minimum Gasteiger partial charge on any atom is -0.406 e. The normalized spacial score (nSPS) is 17.7. The van der Waals surface area contributed by atoms with Crippen molar-refractivity contribution < 1.29 is 4.84 Å². The summed E-state index contributed by atoms with van der Waals surface area (Å²) in [6.07, 6.45) is 3.78. The van der Waals surface area contributed by atoms with E-state index in [1.807, 2.05) is 30.2 Å². The largest absolute Gasteiger partial charge is 0.406 e. The zero-order valence-electron chi connectivity index (χ0n) is 9.00. The summed E-state index contributed by atoms with van der Waals surface area (Å²) >= 11 is 5.95. The summed E-state index contributed by atoms with van der Waals surface area (Å²) in [4.78, 5) is 5.77. The fourth-order valence-corrected chi connectivity index (χ4v) is 1.90. The van der Waals surface area contributed by atoms with E-state index in [2.05, 4.69) is 0 Å². The molecule has 0 atom stereocenters. The van der Waals surface area contributed by atoms with Gasteiger partial charge in [0.1, 0.15) is 5.75 Å². The van der Waals surface area contributed by atoms with Gasteiger partial charge in [0.2, 0.25) is 0 Å². The van der Waals surface area contributed by atoms with Crippen LogP contribution < -0.4 is 4.84 Å². The number of hydrogen-bond donors (Lipinski definition) is 0. The molecule has 1 aromatic rings. The van der Waals surface area contributed by atoms with E-state index in [4.69, 9.17) is 16.4 Å². The first-order valence-electron chi connectivity index (χ1n) is 5.45. The van der Waals surface area contributed by atoms with Gasteiger partial charge in [-0.3, -0.25) is 0 Å². The third-order valence-corrected chi connectivity index (χ3v) is 3.10. The van der Waals surface area contributed by atoms with Gasteiger partial charge in [-0.25, -0.2) is 0 Å². The fourth-order valence-electron chi connectivity index (χ4n) is 1.78. The van der Waals surface area contributed by atoms with Crippen LogP contribution in [0.2, 0.25) is 5.02 Å². The van der Waals surface area contributed by atoms with Gasteiger partial charge in [-0.2, -0.15) is 0 Å². The van der Waals surface area contributed by atoms with E-state index in [1.165, 1.54) is 19.3 Å². The van der Waals surface area contributed by atoms with Gasteiger partial charge in [-0.05, 0) is 43.5 Å². The molecule has 1 fully saturated rings. The second-order valence-corrected chi connectivity index (χ2v) is 4.40. The van der Waals surface area contributed by atoms with Crippen molar-refractivity contribution >= 4 is 11.6 Å². The average molecular weight is 226 g/mol. The maximum atomic E-state index is 5.95. The van der Waals surface area contributed by atoms with E-state index in [1.54, 1.807) is 0 Å². The lowest BCUT2D eigenvalue weighted by Gasteiger charge is -2.26. The van der Waals surface area contributed by atoms with Crippen LogP contribution in [0.15, 0.2) is 18.2 Å². The molecule has 0 aromatic heterocycles. The second kappa shape index (κ2) is 4.86. The lowest BCUT2D eigenvalue weighted by molar-refractivity contribution is -0.0720. The molecule has 2 nitrogen and oxygen atoms in total. The maximum absolute atomic E-state index is 5.95. The van der Waals surface area contributed by atoms with Crippen molar-refractivity contribution in [3.8, 4) is 5.75 Å². The number of benzene rings is 1. The minimum absolute atomic E-state index is 0.793. The summed E-state index contributed by atoms with van der Waals surface area (Å²) in [6.45, 7) is 4.05. The molecular formula is C12H16ClNO. The van der Waals surface area contributed by atoms with Crippen molar-refractivity contribution in [3.63, 3.8) is 0 Å². The zero-order valence-corrected chi connectivity index (χ0v) is 9.76. The number of aryl methyl sites for hydroxylation is 1. The Kier molecular flexibility index (Phi) is 3.49. The van der Waals surface area contributed by atoms with Crippen LogP contribution in [0.5, 0.6) is 5.75 Å². The zero-order chi connectivity index (χ0) is 10.7. The van der Waals surface area contributed by atoms with Gasteiger partial charge in [-0.1, -0.05) is 18.0 Å². The lowest BCUT2D eigenvalue weighted by Crippen LogP contribution is -2.32. The molecule has 3 heteroatoms. The van der Waals surface area contributed by atoms with Gasteiger partial charge in [0.05, 0.1) is 0 Å². The summed E-state index contributed by atoms with van der Waals surface area (Å²) in [6, 6.07) is 5.79. The first-order chi connectivity index (χ1) is 7.25. The summed E-state index contributed by atoms with van der Waals surface area (Å²) < 4.78 is 0.